The smallest absolute Gasteiger partial charge is 0.217 e. The molecule has 0 unspecified atom stereocenters. The third-order valence-corrected chi connectivity index (χ3v) is 1.87. The Bertz CT molecular complexity index is 473. The van der Waals surface area contributed by atoms with Gasteiger partial charge < -0.3 is 0 Å². The number of nitrogens with zero attached hydrogens (tertiary/aromatic N) is 3. The predicted molar refractivity (Wildman–Crippen MR) is 47.7 cm³/mol. The number of ketones is 1. The van der Waals surface area contributed by atoms with Crippen LogP contribution < -0.4 is 0 Å². The van der Waals surface area contributed by atoms with E-state index in [2.05, 4.69) is 10.1 Å². The summed E-state index contributed by atoms with van der Waals surface area (Å²) >= 11 is 0. The number of Topliss-reactive ketones (excluding diaryl/α,β-unsaturated/α-hetero) is 1. The van der Waals surface area contributed by atoms with Crippen molar-refractivity contribution in [2.24, 2.45) is 0 Å². The fourth-order valence-corrected chi connectivity index (χ4v) is 1.19. The van der Waals surface area contributed by atoms with Gasteiger partial charge in [0.15, 0.2) is 11.4 Å². The average Bonchev–Trinajstić information content (AvgIpc) is 2.49. The molecule has 0 aliphatic heterocycles. The van der Waals surface area contributed by atoms with Crippen LogP contribution in [0.3, 0.4) is 0 Å². The highest BCUT2D eigenvalue weighted by Gasteiger charge is 2.08. The van der Waals surface area contributed by atoms with Crippen LogP contribution in [0, 0.1) is 6.92 Å². The normalized spacial score (nSPS) is 10.6. The van der Waals surface area contributed by atoms with Gasteiger partial charge >= 0.3 is 0 Å². The number of aromatic nitrogens is 3. The fourth-order valence-electron chi connectivity index (χ4n) is 1.19. The molecule has 0 amide bonds. The molecular weight excluding hydrogens is 166 g/mol. The summed E-state index contributed by atoms with van der Waals surface area (Å²) in [5.74, 6) is 0.164. The minimum atomic E-state index is -0.108. The molecule has 66 valence electrons. The lowest BCUT2D eigenvalue weighted by Gasteiger charge is -1.92. The minimum Gasteiger partial charge on any atom is -0.291 e. The van der Waals surface area contributed by atoms with Crippen LogP contribution in [0.4, 0.5) is 0 Å². The lowest BCUT2D eigenvalue weighted by Crippen LogP contribution is -1.95. The number of rotatable bonds is 1. The van der Waals surface area contributed by atoms with Crippen LogP contribution in [0.5, 0.6) is 0 Å². The molecule has 0 aliphatic rings. The second-order valence-electron chi connectivity index (χ2n) is 2.95. The van der Waals surface area contributed by atoms with Crippen molar-refractivity contribution in [3.63, 3.8) is 0 Å². The molecule has 0 bridgehead atoms. The van der Waals surface area contributed by atoms with Gasteiger partial charge in [0.05, 0.1) is 0 Å². The zero-order valence-electron chi connectivity index (χ0n) is 7.48. The highest BCUT2D eigenvalue weighted by Crippen LogP contribution is 2.06. The first-order chi connectivity index (χ1) is 6.18. The molecule has 0 spiro atoms. The number of hydrogen-bond donors (Lipinski definition) is 0. The van der Waals surface area contributed by atoms with Crippen LogP contribution in [-0.2, 0) is 0 Å². The molecule has 4 nitrogen and oxygen atoms in total. The van der Waals surface area contributed by atoms with Crippen LogP contribution in [-0.4, -0.2) is 20.4 Å². The molecule has 0 atom stereocenters. The maximum atomic E-state index is 11.0. The van der Waals surface area contributed by atoms with Gasteiger partial charge in [-0.25, -0.2) is 9.50 Å². The largest absolute Gasteiger partial charge is 0.291 e. The van der Waals surface area contributed by atoms with Gasteiger partial charge in [-0.05, 0) is 18.6 Å². The Kier molecular flexibility index (Phi) is 1.62. The molecule has 0 saturated carbocycles. The van der Waals surface area contributed by atoms with Crippen LogP contribution >= 0.6 is 0 Å². The van der Waals surface area contributed by atoms with E-state index in [0.717, 1.165) is 11.2 Å². The fraction of sp³-hybridized carbons (Fsp3) is 0.222. The Labute approximate surface area is 75.2 Å². The Balaban J connectivity index is 2.75. The third kappa shape index (κ3) is 1.20. The van der Waals surface area contributed by atoms with Gasteiger partial charge in [0.25, 0.3) is 0 Å². The summed E-state index contributed by atoms with van der Waals surface area (Å²) in [5.41, 5.74) is 1.76. The van der Waals surface area contributed by atoms with Crippen molar-refractivity contribution in [2.75, 3.05) is 0 Å². The third-order valence-electron chi connectivity index (χ3n) is 1.87. The summed E-state index contributed by atoms with van der Waals surface area (Å²) in [6.07, 6.45) is 1.78. The topological polar surface area (TPSA) is 47.3 Å². The second kappa shape index (κ2) is 2.65. The number of carbonyl (C=O) groups excluding carboxylic acids is 1. The van der Waals surface area contributed by atoms with E-state index >= 15 is 0 Å². The monoisotopic (exact) mass is 175 g/mol. The van der Waals surface area contributed by atoms with Gasteiger partial charge in [-0.3, -0.25) is 4.79 Å². The van der Waals surface area contributed by atoms with Crippen molar-refractivity contribution >= 4 is 11.4 Å². The maximum absolute atomic E-state index is 11.0. The van der Waals surface area contributed by atoms with E-state index in [1.165, 1.54) is 6.92 Å². The van der Waals surface area contributed by atoms with Gasteiger partial charge in [-0.2, -0.15) is 0 Å². The predicted octanol–water partition coefficient (Wildman–Crippen LogP) is 1.24. The first-order valence-corrected chi connectivity index (χ1v) is 4.01. The van der Waals surface area contributed by atoms with Gasteiger partial charge in [-0.1, -0.05) is 6.07 Å². The van der Waals surface area contributed by atoms with Gasteiger partial charge in [0, 0.05) is 13.1 Å². The van der Waals surface area contributed by atoms with Gasteiger partial charge in [0.2, 0.25) is 5.82 Å². The number of aryl methyl sites for hydroxylation is 1. The molecule has 2 heterocycles. The number of carbonyl (C=O) groups is 1. The van der Waals surface area contributed by atoms with Crippen LogP contribution in [0.25, 0.3) is 5.65 Å². The summed E-state index contributed by atoms with van der Waals surface area (Å²) in [6.45, 7) is 3.40. The highest BCUT2D eigenvalue weighted by molar-refractivity contribution is 5.90. The van der Waals surface area contributed by atoms with E-state index in [1.807, 2.05) is 19.1 Å². The van der Waals surface area contributed by atoms with E-state index < -0.39 is 0 Å². The molecule has 0 radical (unpaired) electrons. The lowest BCUT2D eigenvalue weighted by molar-refractivity contribution is 0.100. The Morgan fingerprint density at radius 1 is 1.54 bits per heavy atom. The number of hydrogen-bond acceptors (Lipinski definition) is 3. The molecule has 0 aliphatic carbocycles. The molecule has 0 saturated heterocycles. The standard InChI is InChI=1S/C9H9N3O/c1-6-4-3-5-12-9(6)10-8(11-12)7(2)13/h3-5H,1-2H3. The number of pyridine rings is 1. The zero-order chi connectivity index (χ0) is 9.42. The van der Waals surface area contributed by atoms with Crippen LogP contribution in [0.15, 0.2) is 18.3 Å². The van der Waals surface area contributed by atoms with Gasteiger partial charge in [-0.15, -0.1) is 5.10 Å². The Morgan fingerprint density at radius 2 is 2.31 bits per heavy atom. The molecule has 0 fully saturated rings. The van der Waals surface area contributed by atoms with E-state index in [-0.39, 0.29) is 11.6 Å². The first-order valence-electron chi connectivity index (χ1n) is 4.01. The maximum Gasteiger partial charge on any atom is 0.217 e. The van der Waals surface area contributed by atoms with Gasteiger partial charge in [0.1, 0.15) is 0 Å². The molecule has 2 aromatic heterocycles. The van der Waals surface area contributed by atoms with E-state index in [4.69, 9.17) is 0 Å². The van der Waals surface area contributed by atoms with Crippen LogP contribution in [0.1, 0.15) is 23.1 Å². The summed E-state index contributed by atoms with van der Waals surface area (Å²) in [7, 11) is 0. The SMILES string of the molecule is CC(=O)c1nc2c(C)cccn2n1. The molecule has 2 rings (SSSR count). The number of fused-ring (bicyclic) bond motifs is 1. The van der Waals surface area contributed by atoms with Crippen molar-refractivity contribution in [1.29, 1.82) is 0 Å². The molecule has 0 aromatic carbocycles. The molecule has 0 N–H and O–H groups in total. The van der Waals surface area contributed by atoms with Crippen molar-refractivity contribution in [1.82, 2.24) is 14.6 Å². The lowest BCUT2D eigenvalue weighted by atomic mass is 10.3. The van der Waals surface area contributed by atoms with Crippen molar-refractivity contribution in [3.8, 4) is 0 Å². The Morgan fingerprint density at radius 3 is 2.92 bits per heavy atom. The van der Waals surface area contributed by atoms with Crippen molar-refractivity contribution in [3.05, 3.63) is 29.7 Å². The quantitative estimate of drug-likeness (QED) is 0.612. The zero-order valence-corrected chi connectivity index (χ0v) is 7.48. The Hall–Kier alpha value is -1.71. The van der Waals surface area contributed by atoms with E-state index in [0.29, 0.717) is 0 Å². The second-order valence-corrected chi connectivity index (χ2v) is 2.95. The molecule has 13 heavy (non-hydrogen) atoms. The summed E-state index contributed by atoms with van der Waals surface area (Å²) in [4.78, 5) is 15.1. The highest BCUT2D eigenvalue weighted by atomic mass is 16.1. The summed E-state index contributed by atoms with van der Waals surface area (Å²) in [5, 5.41) is 4.03. The van der Waals surface area contributed by atoms with Crippen molar-refractivity contribution < 1.29 is 4.79 Å². The summed E-state index contributed by atoms with van der Waals surface area (Å²) < 4.78 is 1.62. The molecular formula is C9H9N3O. The van der Waals surface area contributed by atoms with E-state index in [9.17, 15) is 4.79 Å². The van der Waals surface area contributed by atoms with Crippen molar-refractivity contribution in [2.45, 2.75) is 13.8 Å². The summed E-state index contributed by atoms with van der Waals surface area (Å²) in [6, 6.07) is 3.81. The average molecular weight is 175 g/mol. The molecule has 2 aromatic rings. The minimum absolute atomic E-state index is 0.108. The first kappa shape index (κ1) is 7.91. The molecule has 4 heteroatoms. The van der Waals surface area contributed by atoms with Crippen LogP contribution in [0.2, 0.25) is 0 Å². The van der Waals surface area contributed by atoms with E-state index in [1.54, 1.807) is 10.7 Å².